The van der Waals surface area contributed by atoms with Crippen LogP contribution in [0.1, 0.15) is 23.9 Å². The van der Waals surface area contributed by atoms with Gasteiger partial charge in [0.1, 0.15) is 0 Å². The second-order valence-electron chi connectivity index (χ2n) is 2.41. The van der Waals surface area contributed by atoms with E-state index in [4.69, 9.17) is 4.42 Å². The molecular formula is C10H11NO2. The van der Waals surface area contributed by atoms with Crippen molar-refractivity contribution < 1.29 is 9.21 Å². The zero-order chi connectivity index (χ0) is 9.52. The molecule has 13 heavy (non-hydrogen) atoms. The molecule has 0 fully saturated rings. The highest BCUT2D eigenvalue weighted by molar-refractivity contribution is 5.91. The topological polar surface area (TPSA) is 42.2 Å². The molecular weight excluding hydrogens is 166 g/mol. The van der Waals surface area contributed by atoms with Gasteiger partial charge in [-0.25, -0.2) is 0 Å². The van der Waals surface area contributed by atoms with Gasteiger partial charge in [-0.2, -0.15) is 0 Å². The number of furan rings is 1. The maximum absolute atomic E-state index is 11.2. The van der Waals surface area contributed by atoms with Crippen molar-refractivity contribution in [3.8, 4) is 11.8 Å². The molecule has 0 unspecified atom stereocenters. The molecule has 0 bridgehead atoms. The number of amides is 1. The van der Waals surface area contributed by atoms with E-state index in [0.29, 0.717) is 18.7 Å². The minimum Gasteiger partial charge on any atom is -0.459 e. The van der Waals surface area contributed by atoms with Gasteiger partial charge in [0.05, 0.1) is 6.26 Å². The normalized spacial score (nSPS) is 8.69. The van der Waals surface area contributed by atoms with Crippen molar-refractivity contribution in [2.24, 2.45) is 0 Å². The summed E-state index contributed by atoms with van der Waals surface area (Å²) in [6.45, 7) is 2.33. The summed E-state index contributed by atoms with van der Waals surface area (Å²) in [5.41, 5.74) is 0. The van der Waals surface area contributed by atoms with Gasteiger partial charge in [-0.05, 0) is 19.1 Å². The molecule has 0 aliphatic heterocycles. The summed E-state index contributed by atoms with van der Waals surface area (Å²) in [6.07, 6.45) is 2.14. The maximum atomic E-state index is 11.2. The van der Waals surface area contributed by atoms with E-state index in [1.54, 1.807) is 19.1 Å². The van der Waals surface area contributed by atoms with E-state index < -0.39 is 0 Å². The molecule has 1 N–H and O–H groups in total. The fraction of sp³-hybridized carbons (Fsp3) is 0.300. The van der Waals surface area contributed by atoms with Crippen LogP contribution in [0.25, 0.3) is 0 Å². The highest BCUT2D eigenvalue weighted by Crippen LogP contribution is 1.98. The summed E-state index contributed by atoms with van der Waals surface area (Å²) in [5, 5.41) is 2.68. The van der Waals surface area contributed by atoms with Crippen LogP contribution in [-0.4, -0.2) is 12.5 Å². The number of carbonyl (C=O) groups is 1. The summed E-state index contributed by atoms with van der Waals surface area (Å²) in [4.78, 5) is 11.2. The molecule has 68 valence electrons. The van der Waals surface area contributed by atoms with Crippen LogP contribution >= 0.6 is 0 Å². The lowest BCUT2D eigenvalue weighted by atomic mass is 10.4. The van der Waals surface area contributed by atoms with Gasteiger partial charge in [-0.15, -0.1) is 11.8 Å². The Labute approximate surface area is 77.1 Å². The number of carbonyl (C=O) groups excluding carboxylic acids is 1. The van der Waals surface area contributed by atoms with Crippen LogP contribution < -0.4 is 5.32 Å². The van der Waals surface area contributed by atoms with Gasteiger partial charge in [0.15, 0.2) is 5.76 Å². The third-order valence-corrected chi connectivity index (χ3v) is 1.46. The second-order valence-corrected chi connectivity index (χ2v) is 2.41. The predicted octanol–water partition coefficient (Wildman–Crippen LogP) is 1.42. The van der Waals surface area contributed by atoms with Crippen LogP contribution in [-0.2, 0) is 0 Å². The van der Waals surface area contributed by atoms with E-state index >= 15 is 0 Å². The van der Waals surface area contributed by atoms with Crippen LogP contribution in [0.15, 0.2) is 22.8 Å². The van der Waals surface area contributed by atoms with Crippen molar-refractivity contribution >= 4 is 5.91 Å². The van der Waals surface area contributed by atoms with Crippen molar-refractivity contribution in [1.29, 1.82) is 0 Å². The number of rotatable bonds is 3. The zero-order valence-corrected chi connectivity index (χ0v) is 7.46. The minimum absolute atomic E-state index is 0.192. The minimum atomic E-state index is -0.192. The second kappa shape index (κ2) is 5.04. The van der Waals surface area contributed by atoms with E-state index in [-0.39, 0.29) is 5.91 Å². The molecule has 1 rings (SSSR count). The molecule has 0 aliphatic carbocycles. The van der Waals surface area contributed by atoms with Crippen molar-refractivity contribution in [1.82, 2.24) is 5.32 Å². The molecule has 0 radical (unpaired) electrons. The Morgan fingerprint density at radius 1 is 1.69 bits per heavy atom. The Balaban J connectivity index is 2.29. The fourth-order valence-corrected chi connectivity index (χ4v) is 0.858. The lowest BCUT2D eigenvalue weighted by molar-refractivity contribution is 0.0927. The van der Waals surface area contributed by atoms with E-state index in [9.17, 15) is 4.79 Å². The molecule has 0 aromatic carbocycles. The summed E-state index contributed by atoms with van der Waals surface area (Å²) >= 11 is 0. The number of hydrogen-bond acceptors (Lipinski definition) is 2. The van der Waals surface area contributed by atoms with Gasteiger partial charge < -0.3 is 9.73 Å². The SMILES string of the molecule is CC#CCCNC(=O)c1ccco1. The third kappa shape index (κ3) is 3.04. The molecule has 1 heterocycles. The predicted molar refractivity (Wildman–Crippen MR) is 49.1 cm³/mol. The Morgan fingerprint density at radius 2 is 2.54 bits per heavy atom. The van der Waals surface area contributed by atoms with E-state index in [0.717, 1.165) is 0 Å². The van der Waals surface area contributed by atoms with Crippen LogP contribution in [0.4, 0.5) is 0 Å². The molecule has 3 nitrogen and oxygen atoms in total. The monoisotopic (exact) mass is 177 g/mol. The molecule has 3 heteroatoms. The number of hydrogen-bond donors (Lipinski definition) is 1. The van der Waals surface area contributed by atoms with Crippen LogP contribution in [0, 0.1) is 11.8 Å². The summed E-state index contributed by atoms with van der Waals surface area (Å²) in [6, 6.07) is 3.31. The molecule has 1 aromatic rings. The lowest BCUT2D eigenvalue weighted by Crippen LogP contribution is -2.23. The van der Waals surface area contributed by atoms with Gasteiger partial charge in [0.25, 0.3) is 5.91 Å². The molecule has 0 spiro atoms. The lowest BCUT2D eigenvalue weighted by Gasteiger charge is -1.98. The van der Waals surface area contributed by atoms with Crippen LogP contribution in [0.5, 0.6) is 0 Å². The van der Waals surface area contributed by atoms with Gasteiger partial charge >= 0.3 is 0 Å². The van der Waals surface area contributed by atoms with Gasteiger partial charge in [0.2, 0.25) is 0 Å². The van der Waals surface area contributed by atoms with Crippen LogP contribution in [0.2, 0.25) is 0 Å². The van der Waals surface area contributed by atoms with Gasteiger partial charge in [-0.1, -0.05) is 0 Å². The zero-order valence-electron chi connectivity index (χ0n) is 7.46. The quantitative estimate of drug-likeness (QED) is 0.560. The summed E-state index contributed by atoms with van der Waals surface area (Å²) in [5.74, 6) is 5.75. The first kappa shape index (κ1) is 9.40. The molecule has 0 saturated carbocycles. The average Bonchev–Trinajstić information content (AvgIpc) is 2.65. The van der Waals surface area contributed by atoms with Crippen molar-refractivity contribution in [3.63, 3.8) is 0 Å². The molecule has 0 saturated heterocycles. The van der Waals surface area contributed by atoms with Crippen molar-refractivity contribution in [2.75, 3.05) is 6.54 Å². The van der Waals surface area contributed by atoms with Crippen LogP contribution in [0.3, 0.4) is 0 Å². The molecule has 1 amide bonds. The Morgan fingerprint density at radius 3 is 3.15 bits per heavy atom. The summed E-state index contributed by atoms with van der Waals surface area (Å²) < 4.78 is 4.90. The largest absolute Gasteiger partial charge is 0.459 e. The van der Waals surface area contributed by atoms with Gasteiger partial charge in [-0.3, -0.25) is 4.79 Å². The highest BCUT2D eigenvalue weighted by Gasteiger charge is 2.05. The van der Waals surface area contributed by atoms with Gasteiger partial charge in [0, 0.05) is 13.0 Å². The smallest absolute Gasteiger partial charge is 0.287 e. The van der Waals surface area contributed by atoms with E-state index in [1.807, 2.05) is 0 Å². The fourth-order valence-electron chi connectivity index (χ4n) is 0.858. The first-order chi connectivity index (χ1) is 6.34. The Hall–Kier alpha value is -1.69. The first-order valence-electron chi connectivity index (χ1n) is 4.06. The standard InChI is InChI=1S/C10H11NO2/c1-2-3-4-7-11-10(12)9-6-5-8-13-9/h5-6,8H,4,7H2,1H3,(H,11,12). The molecule has 0 aliphatic rings. The third-order valence-electron chi connectivity index (χ3n) is 1.46. The maximum Gasteiger partial charge on any atom is 0.287 e. The summed E-state index contributed by atoms with van der Waals surface area (Å²) in [7, 11) is 0. The first-order valence-corrected chi connectivity index (χ1v) is 4.06. The highest BCUT2D eigenvalue weighted by atomic mass is 16.3. The van der Waals surface area contributed by atoms with Crippen molar-refractivity contribution in [2.45, 2.75) is 13.3 Å². The molecule has 0 atom stereocenters. The number of nitrogens with one attached hydrogen (secondary N) is 1. The Kier molecular flexibility index (Phi) is 3.65. The van der Waals surface area contributed by atoms with Crippen molar-refractivity contribution in [3.05, 3.63) is 24.2 Å². The van der Waals surface area contributed by atoms with E-state index in [2.05, 4.69) is 17.2 Å². The van der Waals surface area contributed by atoms with E-state index in [1.165, 1.54) is 6.26 Å². The molecule has 1 aromatic heterocycles. The Bertz CT molecular complexity index is 316. The average molecular weight is 177 g/mol.